The molecule has 2 aromatic rings. The van der Waals surface area contributed by atoms with Crippen molar-refractivity contribution in [2.75, 3.05) is 0 Å². The predicted octanol–water partition coefficient (Wildman–Crippen LogP) is 2.26. The van der Waals surface area contributed by atoms with Gasteiger partial charge in [0.2, 0.25) is 0 Å². The van der Waals surface area contributed by atoms with E-state index in [4.69, 9.17) is 0 Å². The highest BCUT2D eigenvalue weighted by atomic mass is 127. The molecule has 0 bridgehead atoms. The average molecular weight is 355 g/mol. The molecule has 0 radical (unpaired) electrons. The molecule has 1 aromatic carbocycles. The molecule has 1 heterocycles. The Morgan fingerprint density at radius 2 is 2.17 bits per heavy atom. The first-order valence-electron chi connectivity index (χ1n) is 5.60. The van der Waals surface area contributed by atoms with E-state index >= 15 is 0 Å². The number of nitrogens with zero attached hydrogens (tertiary/aromatic N) is 2. The maximum absolute atomic E-state index is 12.0. The Labute approximate surface area is 120 Å². The van der Waals surface area contributed by atoms with Gasteiger partial charge in [0, 0.05) is 28.4 Å². The second kappa shape index (κ2) is 5.51. The second-order valence-electron chi connectivity index (χ2n) is 4.04. The normalized spacial score (nSPS) is 10.4. The number of carbonyl (C=O) groups is 1. The lowest BCUT2D eigenvalue weighted by molar-refractivity contribution is 0.0950. The summed E-state index contributed by atoms with van der Waals surface area (Å²) in [5, 5.41) is 7.06. The van der Waals surface area contributed by atoms with E-state index in [1.165, 1.54) is 0 Å². The lowest BCUT2D eigenvalue weighted by Gasteiger charge is -2.06. The summed E-state index contributed by atoms with van der Waals surface area (Å²) < 4.78 is 2.75. The van der Waals surface area contributed by atoms with Crippen LogP contribution in [0.3, 0.4) is 0 Å². The van der Waals surface area contributed by atoms with Gasteiger partial charge in [0.25, 0.3) is 5.91 Å². The van der Waals surface area contributed by atoms with E-state index in [1.54, 1.807) is 10.9 Å². The Hall–Kier alpha value is -1.37. The Balaban J connectivity index is 2.05. The van der Waals surface area contributed by atoms with Gasteiger partial charge in [-0.25, -0.2) is 0 Å². The topological polar surface area (TPSA) is 46.9 Å². The largest absolute Gasteiger partial charge is 0.348 e. The van der Waals surface area contributed by atoms with Crippen molar-refractivity contribution in [2.45, 2.75) is 13.5 Å². The van der Waals surface area contributed by atoms with Gasteiger partial charge in [0.05, 0.1) is 11.8 Å². The van der Waals surface area contributed by atoms with E-state index in [0.717, 1.165) is 14.8 Å². The van der Waals surface area contributed by atoms with Crippen LogP contribution in [0.1, 0.15) is 21.6 Å². The van der Waals surface area contributed by atoms with E-state index in [2.05, 4.69) is 33.0 Å². The van der Waals surface area contributed by atoms with E-state index < -0.39 is 0 Å². The molecule has 0 aliphatic heterocycles. The third-order valence-electron chi connectivity index (χ3n) is 2.89. The van der Waals surface area contributed by atoms with Crippen LogP contribution in [0.25, 0.3) is 0 Å². The van der Waals surface area contributed by atoms with Crippen molar-refractivity contribution in [3.63, 3.8) is 0 Å². The quantitative estimate of drug-likeness (QED) is 0.859. The molecule has 1 N–H and O–H groups in total. The van der Waals surface area contributed by atoms with Gasteiger partial charge in [-0.2, -0.15) is 5.10 Å². The molecule has 2 rings (SSSR count). The van der Waals surface area contributed by atoms with Crippen molar-refractivity contribution in [1.29, 1.82) is 0 Å². The minimum atomic E-state index is -0.0525. The summed E-state index contributed by atoms with van der Waals surface area (Å²) in [5.74, 6) is -0.0525. The summed E-state index contributed by atoms with van der Waals surface area (Å²) >= 11 is 2.16. The van der Waals surface area contributed by atoms with Gasteiger partial charge in [-0.15, -0.1) is 0 Å². The van der Waals surface area contributed by atoms with E-state index in [1.807, 2.05) is 38.2 Å². The maximum atomic E-state index is 12.0. The zero-order valence-electron chi connectivity index (χ0n) is 10.3. The number of aromatic nitrogens is 2. The third-order valence-corrected chi connectivity index (χ3v) is 3.84. The number of rotatable bonds is 3. The first kappa shape index (κ1) is 13.1. The molecule has 0 saturated carbocycles. The second-order valence-corrected chi connectivity index (χ2v) is 5.20. The highest BCUT2D eigenvalue weighted by Gasteiger charge is 2.10. The van der Waals surface area contributed by atoms with Crippen LogP contribution in [0.5, 0.6) is 0 Å². The fourth-order valence-corrected chi connectivity index (χ4v) is 2.27. The number of hydrogen-bond donors (Lipinski definition) is 1. The molecular formula is C13H14IN3O. The molecule has 18 heavy (non-hydrogen) atoms. The van der Waals surface area contributed by atoms with Gasteiger partial charge in [-0.3, -0.25) is 9.48 Å². The molecule has 0 spiro atoms. The van der Waals surface area contributed by atoms with Crippen molar-refractivity contribution >= 4 is 28.5 Å². The zero-order valence-corrected chi connectivity index (χ0v) is 12.4. The van der Waals surface area contributed by atoms with E-state index in [-0.39, 0.29) is 5.91 Å². The molecule has 0 aliphatic carbocycles. The van der Waals surface area contributed by atoms with Gasteiger partial charge in [-0.1, -0.05) is 12.1 Å². The van der Waals surface area contributed by atoms with Crippen LogP contribution in [0.2, 0.25) is 0 Å². The molecule has 1 aromatic heterocycles. The zero-order chi connectivity index (χ0) is 13.1. The predicted molar refractivity (Wildman–Crippen MR) is 78.3 cm³/mol. The number of nitrogens with one attached hydrogen (secondary N) is 1. The van der Waals surface area contributed by atoms with Crippen LogP contribution in [0.15, 0.2) is 30.5 Å². The molecular weight excluding hydrogens is 341 g/mol. The molecule has 94 valence electrons. The SMILES string of the molecule is Cc1c(CNC(=O)c2ccccc2I)cnn1C. The van der Waals surface area contributed by atoms with Crippen LogP contribution < -0.4 is 5.32 Å². The summed E-state index contributed by atoms with van der Waals surface area (Å²) in [6.45, 7) is 2.49. The van der Waals surface area contributed by atoms with Crippen molar-refractivity contribution in [1.82, 2.24) is 15.1 Å². The Morgan fingerprint density at radius 3 is 2.78 bits per heavy atom. The average Bonchev–Trinajstić information content (AvgIpc) is 2.68. The molecule has 0 saturated heterocycles. The Kier molecular flexibility index (Phi) is 4.00. The summed E-state index contributed by atoms with van der Waals surface area (Å²) in [7, 11) is 1.89. The maximum Gasteiger partial charge on any atom is 0.252 e. The van der Waals surface area contributed by atoms with Crippen LogP contribution in [-0.2, 0) is 13.6 Å². The van der Waals surface area contributed by atoms with Crippen molar-refractivity contribution in [2.24, 2.45) is 7.05 Å². The smallest absolute Gasteiger partial charge is 0.252 e. The van der Waals surface area contributed by atoms with Gasteiger partial charge >= 0.3 is 0 Å². The van der Waals surface area contributed by atoms with Crippen molar-refractivity contribution < 1.29 is 4.79 Å². The highest BCUT2D eigenvalue weighted by molar-refractivity contribution is 14.1. The summed E-state index contributed by atoms with van der Waals surface area (Å²) in [5.41, 5.74) is 2.81. The summed E-state index contributed by atoms with van der Waals surface area (Å²) in [6, 6.07) is 7.54. The lowest BCUT2D eigenvalue weighted by atomic mass is 10.2. The molecule has 5 heteroatoms. The van der Waals surface area contributed by atoms with Gasteiger partial charge in [0.1, 0.15) is 0 Å². The first-order valence-corrected chi connectivity index (χ1v) is 6.67. The number of halogens is 1. The monoisotopic (exact) mass is 355 g/mol. The number of hydrogen-bond acceptors (Lipinski definition) is 2. The minimum Gasteiger partial charge on any atom is -0.348 e. The van der Waals surface area contributed by atoms with Gasteiger partial charge in [0.15, 0.2) is 0 Å². The number of amides is 1. The van der Waals surface area contributed by atoms with E-state index in [9.17, 15) is 4.79 Å². The fourth-order valence-electron chi connectivity index (χ4n) is 1.63. The molecule has 0 unspecified atom stereocenters. The number of aryl methyl sites for hydroxylation is 1. The van der Waals surface area contributed by atoms with Crippen LogP contribution in [-0.4, -0.2) is 15.7 Å². The van der Waals surface area contributed by atoms with Crippen LogP contribution in [0, 0.1) is 10.5 Å². The van der Waals surface area contributed by atoms with Gasteiger partial charge < -0.3 is 5.32 Å². The van der Waals surface area contributed by atoms with Gasteiger partial charge in [-0.05, 0) is 41.6 Å². The first-order chi connectivity index (χ1) is 8.59. The summed E-state index contributed by atoms with van der Waals surface area (Å²) in [6.07, 6.45) is 1.78. The lowest BCUT2D eigenvalue weighted by Crippen LogP contribution is -2.23. The van der Waals surface area contributed by atoms with Crippen molar-refractivity contribution in [3.05, 3.63) is 50.9 Å². The molecule has 0 aliphatic rings. The summed E-state index contributed by atoms with van der Waals surface area (Å²) in [4.78, 5) is 12.0. The molecule has 0 fully saturated rings. The number of carbonyl (C=O) groups excluding carboxylic acids is 1. The third kappa shape index (κ3) is 2.72. The number of benzene rings is 1. The van der Waals surface area contributed by atoms with Crippen LogP contribution >= 0.6 is 22.6 Å². The Morgan fingerprint density at radius 1 is 1.44 bits per heavy atom. The minimum absolute atomic E-state index is 0.0525. The van der Waals surface area contributed by atoms with E-state index in [0.29, 0.717) is 12.1 Å². The fraction of sp³-hybridized carbons (Fsp3) is 0.231. The van der Waals surface area contributed by atoms with Crippen LogP contribution in [0.4, 0.5) is 0 Å². The molecule has 4 nitrogen and oxygen atoms in total. The Bertz CT molecular complexity index is 577. The standard InChI is InChI=1S/C13H14IN3O/c1-9-10(8-16-17(9)2)7-15-13(18)11-5-3-4-6-12(11)14/h3-6,8H,7H2,1-2H3,(H,15,18). The highest BCUT2D eigenvalue weighted by Crippen LogP contribution is 2.12. The van der Waals surface area contributed by atoms with Crippen molar-refractivity contribution in [3.8, 4) is 0 Å². The molecule has 1 amide bonds. The molecule has 0 atom stereocenters.